The molecule has 1 N–H and O–H groups in total. The Bertz CT molecular complexity index is 694. The second-order valence-electron chi connectivity index (χ2n) is 8.23. The number of nitrogens with zero attached hydrogens (tertiary/aromatic N) is 1. The van der Waals surface area contributed by atoms with Gasteiger partial charge in [-0.1, -0.05) is 43.3 Å². The summed E-state index contributed by atoms with van der Waals surface area (Å²) in [6, 6.07) is 7.85. The lowest BCUT2D eigenvalue weighted by atomic mass is 9.83. The fraction of sp³-hybridized carbons (Fsp3) is 0.636. The molecule has 1 aliphatic rings. The molecule has 7 nitrogen and oxygen atoms in total. The number of rotatable bonds is 10. The van der Waals surface area contributed by atoms with Crippen molar-refractivity contribution in [2.24, 2.45) is 11.1 Å². The molecule has 1 fully saturated rings. The number of aliphatic carboxylic acids is 1. The van der Waals surface area contributed by atoms with Gasteiger partial charge >= 0.3 is 11.9 Å². The molecule has 0 spiro atoms. The highest BCUT2D eigenvalue weighted by atomic mass is 16.5. The third kappa shape index (κ3) is 6.35. The molecule has 0 amide bonds. The van der Waals surface area contributed by atoms with Crippen molar-refractivity contribution in [1.82, 2.24) is 0 Å². The summed E-state index contributed by atoms with van der Waals surface area (Å²) in [4.78, 5) is 35.5. The van der Waals surface area contributed by atoms with E-state index in [1.165, 1.54) is 5.56 Å². The molecule has 0 saturated carbocycles. The van der Waals surface area contributed by atoms with E-state index in [0.29, 0.717) is 32.0 Å². The standard InChI is InChI=1S/C22H31NO6/c1-15(2)14-17-4-6-18(7-5-17)16(3)21(26)29-19(8-9-20(24)25)22(23-27)10-12-28-13-11-22/h4-7,15-16,19H,8-14H2,1-3H3,(H,24,25). The Kier molecular flexibility index (Phi) is 8.32. The summed E-state index contributed by atoms with van der Waals surface area (Å²) in [5.41, 5.74) is 0.888. The Morgan fingerprint density at radius 3 is 2.31 bits per heavy atom. The summed E-state index contributed by atoms with van der Waals surface area (Å²) in [6.07, 6.45) is 0.557. The van der Waals surface area contributed by atoms with Crippen molar-refractivity contribution in [3.8, 4) is 0 Å². The van der Waals surface area contributed by atoms with E-state index in [4.69, 9.17) is 14.6 Å². The van der Waals surface area contributed by atoms with Crippen LogP contribution in [0.3, 0.4) is 0 Å². The summed E-state index contributed by atoms with van der Waals surface area (Å²) in [7, 11) is 0. The van der Waals surface area contributed by atoms with Gasteiger partial charge in [-0.25, -0.2) is 0 Å². The van der Waals surface area contributed by atoms with Crippen molar-refractivity contribution >= 4 is 11.9 Å². The number of benzene rings is 1. The van der Waals surface area contributed by atoms with Crippen LogP contribution in [0.25, 0.3) is 0 Å². The molecule has 1 aromatic rings. The number of hydrogen-bond donors (Lipinski definition) is 1. The van der Waals surface area contributed by atoms with E-state index in [0.717, 1.165) is 12.0 Å². The lowest BCUT2D eigenvalue weighted by Gasteiger charge is -2.37. The molecule has 1 heterocycles. The molecule has 1 aromatic carbocycles. The topological polar surface area (TPSA) is 102 Å². The van der Waals surface area contributed by atoms with Gasteiger partial charge in [0.05, 0.1) is 5.92 Å². The second-order valence-corrected chi connectivity index (χ2v) is 8.23. The van der Waals surface area contributed by atoms with Gasteiger partial charge in [0.25, 0.3) is 0 Å². The van der Waals surface area contributed by atoms with Crippen molar-refractivity contribution in [2.45, 2.75) is 70.4 Å². The summed E-state index contributed by atoms with van der Waals surface area (Å²) >= 11 is 0. The van der Waals surface area contributed by atoms with Crippen molar-refractivity contribution in [1.29, 1.82) is 0 Å². The summed E-state index contributed by atoms with van der Waals surface area (Å²) in [5, 5.41) is 12.3. The number of hydrogen-bond acceptors (Lipinski definition) is 6. The first-order chi connectivity index (χ1) is 13.8. The van der Waals surface area contributed by atoms with E-state index in [2.05, 4.69) is 19.0 Å². The Hall–Kier alpha value is -2.28. The lowest BCUT2D eigenvalue weighted by molar-refractivity contribution is -0.158. The van der Waals surface area contributed by atoms with Gasteiger partial charge < -0.3 is 14.6 Å². The Balaban J connectivity index is 2.13. The van der Waals surface area contributed by atoms with Crippen LogP contribution in [0, 0.1) is 10.8 Å². The first-order valence-electron chi connectivity index (χ1n) is 10.2. The molecule has 2 unspecified atom stereocenters. The number of carbonyl (C=O) groups is 2. The largest absolute Gasteiger partial charge is 0.481 e. The molecule has 29 heavy (non-hydrogen) atoms. The van der Waals surface area contributed by atoms with Gasteiger partial charge in [0.1, 0.15) is 11.6 Å². The molecule has 0 bridgehead atoms. The maximum atomic E-state index is 12.8. The number of ether oxygens (including phenoxy) is 2. The van der Waals surface area contributed by atoms with E-state index in [-0.39, 0.29) is 12.8 Å². The number of nitroso groups, excluding NO2 is 1. The van der Waals surface area contributed by atoms with E-state index in [1.54, 1.807) is 6.92 Å². The Morgan fingerprint density at radius 1 is 1.17 bits per heavy atom. The van der Waals surface area contributed by atoms with Gasteiger partial charge in [0.15, 0.2) is 0 Å². The predicted molar refractivity (Wildman–Crippen MR) is 109 cm³/mol. The average Bonchev–Trinajstić information content (AvgIpc) is 2.70. The van der Waals surface area contributed by atoms with Crippen LogP contribution >= 0.6 is 0 Å². The van der Waals surface area contributed by atoms with Gasteiger partial charge in [-0.3, -0.25) is 9.59 Å². The number of esters is 1. The zero-order chi connectivity index (χ0) is 21.4. The van der Waals surface area contributed by atoms with Crippen LogP contribution in [0.2, 0.25) is 0 Å². The summed E-state index contributed by atoms with van der Waals surface area (Å²) in [5.74, 6) is -1.47. The van der Waals surface area contributed by atoms with Gasteiger partial charge in [-0.05, 0) is 36.8 Å². The van der Waals surface area contributed by atoms with Gasteiger partial charge in [-0.2, -0.15) is 4.91 Å². The number of carbonyl (C=O) groups excluding carboxylic acids is 1. The zero-order valence-corrected chi connectivity index (χ0v) is 17.4. The predicted octanol–water partition coefficient (Wildman–Crippen LogP) is 4.08. The highest BCUT2D eigenvalue weighted by Crippen LogP contribution is 2.34. The second kappa shape index (κ2) is 10.5. The highest BCUT2D eigenvalue weighted by molar-refractivity contribution is 5.78. The number of carboxylic acid groups (broad SMARTS) is 1. The molecule has 160 valence electrons. The lowest BCUT2D eigenvalue weighted by Crippen LogP contribution is -2.48. The van der Waals surface area contributed by atoms with Crippen molar-refractivity contribution in [3.63, 3.8) is 0 Å². The van der Waals surface area contributed by atoms with E-state index >= 15 is 0 Å². The molecule has 0 aliphatic carbocycles. The fourth-order valence-corrected chi connectivity index (χ4v) is 3.68. The minimum absolute atomic E-state index is 0.0485. The van der Waals surface area contributed by atoms with Crippen LogP contribution in [0.1, 0.15) is 63.5 Å². The van der Waals surface area contributed by atoms with Crippen LogP contribution < -0.4 is 0 Å². The third-order valence-corrected chi connectivity index (χ3v) is 5.50. The molecule has 0 radical (unpaired) electrons. The molecule has 1 saturated heterocycles. The normalized spacial score (nSPS) is 18.1. The van der Waals surface area contributed by atoms with E-state index in [9.17, 15) is 14.5 Å². The quantitative estimate of drug-likeness (QED) is 0.465. The molecule has 1 aliphatic heterocycles. The van der Waals surface area contributed by atoms with Crippen LogP contribution in [0.15, 0.2) is 29.4 Å². The van der Waals surface area contributed by atoms with Crippen LogP contribution in [0.5, 0.6) is 0 Å². The highest BCUT2D eigenvalue weighted by Gasteiger charge is 2.45. The van der Waals surface area contributed by atoms with Gasteiger partial charge in [-0.15, -0.1) is 0 Å². The monoisotopic (exact) mass is 405 g/mol. The third-order valence-electron chi connectivity index (χ3n) is 5.50. The fourth-order valence-electron chi connectivity index (χ4n) is 3.68. The zero-order valence-electron chi connectivity index (χ0n) is 17.4. The van der Waals surface area contributed by atoms with E-state index in [1.807, 2.05) is 24.3 Å². The maximum Gasteiger partial charge on any atom is 0.313 e. The first-order valence-corrected chi connectivity index (χ1v) is 10.2. The Morgan fingerprint density at radius 2 is 1.79 bits per heavy atom. The molecule has 2 rings (SSSR count). The summed E-state index contributed by atoms with van der Waals surface area (Å²) in [6.45, 7) is 6.72. The molecular weight excluding hydrogens is 374 g/mol. The molecule has 7 heteroatoms. The van der Waals surface area contributed by atoms with E-state index < -0.39 is 29.5 Å². The summed E-state index contributed by atoms with van der Waals surface area (Å²) < 4.78 is 11.0. The SMILES string of the molecule is CC(C)Cc1ccc(C(C)C(=O)OC(CCC(=O)O)C2(N=O)CCOCC2)cc1. The minimum Gasteiger partial charge on any atom is -0.481 e. The Labute approximate surface area is 171 Å². The molecular formula is C22H31NO6. The van der Waals surface area contributed by atoms with Crippen molar-refractivity contribution < 1.29 is 24.2 Å². The molecule has 2 atom stereocenters. The molecule has 0 aromatic heterocycles. The van der Waals surface area contributed by atoms with Gasteiger partial charge in [0.2, 0.25) is 0 Å². The maximum absolute atomic E-state index is 12.8. The average molecular weight is 405 g/mol. The van der Waals surface area contributed by atoms with Crippen LogP contribution in [-0.4, -0.2) is 41.9 Å². The van der Waals surface area contributed by atoms with Crippen LogP contribution in [0.4, 0.5) is 0 Å². The van der Waals surface area contributed by atoms with Crippen LogP contribution in [-0.2, 0) is 25.5 Å². The van der Waals surface area contributed by atoms with Crippen molar-refractivity contribution in [2.75, 3.05) is 13.2 Å². The van der Waals surface area contributed by atoms with Crippen molar-refractivity contribution in [3.05, 3.63) is 40.3 Å². The smallest absolute Gasteiger partial charge is 0.313 e. The van der Waals surface area contributed by atoms with Gasteiger partial charge in [0, 0.05) is 32.5 Å². The number of carboxylic acids is 1. The first kappa shape index (κ1) is 23.0. The minimum atomic E-state index is -1.13.